The van der Waals surface area contributed by atoms with Crippen LogP contribution in [0, 0.1) is 0 Å². The van der Waals surface area contributed by atoms with E-state index in [9.17, 15) is 9.59 Å². The molecule has 1 amide bonds. The van der Waals surface area contributed by atoms with E-state index in [0.29, 0.717) is 39.9 Å². The summed E-state index contributed by atoms with van der Waals surface area (Å²) in [5.74, 6) is 0.0798. The molecule has 1 aliphatic rings. The summed E-state index contributed by atoms with van der Waals surface area (Å²) in [5.41, 5.74) is 2.91. The summed E-state index contributed by atoms with van der Waals surface area (Å²) >= 11 is 7.71. The Kier molecular flexibility index (Phi) is 5.30. The summed E-state index contributed by atoms with van der Waals surface area (Å²) in [4.78, 5) is 28.2. The van der Waals surface area contributed by atoms with Gasteiger partial charge in [0.1, 0.15) is 5.75 Å². The number of carbonyl (C=O) groups excluding carboxylic acids is 2. The molecule has 0 bridgehead atoms. The molecule has 4 rings (SSSR count). The molecule has 0 saturated carbocycles. The van der Waals surface area contributed by atoms with Gasteiger partial charge in [-0.3, -0.25) is 4.79 Å². The molecule has 29 heavy (non-hydrogen) atoms. The Morgan fingerprint density at radius 3 is 2.69 bits per heavy atom. The first-order valence-corrected chi connectivity index (χ1v) is 10.2. The van der Waals surface area contributed by atoms with Crippen LogP contribution in [0.3, 0.4) is 0 Å². The van der Waals surface area contributed by atoms with E-state index >= 15 is 0 Å². The lowest BCUT2D eigenvalue weighted by atomic mass is 10.0. The number of nitrogens with zero attached hydrogens (tertiary/aromatic N) is 1. The van der Waals surface area contributed by atoms with Crippen molar-refractivity contribution in [3.8, 4) is 16.9 Å². The number of fused-ring (bicyclic) bond motifs is 3. The van der Waals surface area contributed by atoms with Gasteiger partial charge in [-0.25, -0.2) is 4.79 Å². The average molecular weight is 428 g/mol. The number of thiophene rings is 1. The average Bonchev–Trinajstić information content (AvgIpc) is 3.08. The standard InChI is InChI=1S/C22H18ClNO4S/c1-24(17-6-4-3-5-16(17)23)21(25)20-12-15-14-8-7-13(22(26)27-2)11-18(14)28-10-9-19(15)29-20/h3-8,11-12H,9-10H2,1-2H3. The number of methoxy groups -OCH3 is 1. The number of rotatable bonds is 3. The number of halogens is 1. The van der Waals surface area contributed by atoms with Crippen LogP contribution in [0.2, 0.25) is 5.02 Å². The van der Waals surface area contributed by atoms with Crippen LogP contribution >= 0.6 is 22.9 Å². The van der Waals surface area contributed by atoms with Crippen LogP contribution in [0.25, 0.3) is 11.1 Å². The minimum Gasteiger partial charge on any atom is -0.493 e. The maximum Gasteiger partial charge on any atom is 0.337 e. The number of amides is 1. The van der Waals surface area contributed by atoms with Gasteiger partial charge in [0.05, 0.1) is 34.9 Å². The fourth-order valence-corrected chi connectivity index (χ4v) is 4.70. The van der Waals surface area contributed by atoms with Crippen molar-refractivity contribution in [1.29, 1.82) is 0 Å². The highest BCUT2D eigenvalue weighted by Gasteiger charge is 2.24. The van der Waals surface area contributed by atoms with E-state index in [2.05, 4.69) is 0 Å². The lowest BCUT2D eigenvalue weighted by Crippen LogP contribution is -2.25. The lowest BCUT2D eigenvalue weighted by Gasteiger charge is -2.17. The largest absolute Gasteiger partial charge is 0.493 e. The molecule has 0 radical (unpaired) electrons. The van der Waals surface area contributed by atoms with Gasteiger partial charge in [-0.1, -0.05) is 23.7 Å². The lowest BCUT2D eigenvalue weighted by molar-refractivity contribution is 0.0600. The van der Waals surface area contributed by atoms with Gasteiger partial charge in [0.2, 0.25) is 0 Å². The second-order valence-corrected chi connectivity index (χ2v) is 8.11. The second kappa shape index (κ2) is 7.89. The smallest absolute Gasteiger partial charge is 0.337 e. The number of hydrogen-bond acceptors (Lipinski definition) is 5. The summed E-state index contributed by atoms with van der Waals surface area (Å²) in [5, 5.41) is 0.524. The van der Waals surface area contributed by atoms with Crippen LogP contribution in [0.1, 0.15) is 24.9 Å². The number of esters is 1. The van der Waals surface area contributed by atoms with E-state index in [-0.39, 0.29) is 5.91 Å². The Balaban J connectivity index is 1.71. The third kappa shape index (κ3) is 3.61. The Morgan fingerprint density at radius 1 is 1.14 bits per heavy atom. The minimum atomic E-state index is -0.413. The number of benzene rings is 2. The van der Waals surface area contributed by atoms with Crippen molar-refractivity contribution in [2.75, 3.05) is 25.7 Å². The normalized spacial score (nSPS) is 12.2. The van der Waals surface area contributed by atoms with Crippen LogP contribution in [-0.4, -0.2) is 32.6 Å². The number of anilines is 1. The summed E-state index contributed by atoms with van der Waals surface area (Å²) in [7, 11) is 3.06. The molecule has 0 spiro atoms. The van der Waals surface area contributed by atoms with Gasteiger partial charge in [0.25, 0.3) is 5.91 Å². The summed E-state index contributed by atoms with van der Waals surface area (Å²) in [6.45, 7) is 0.471. The maximum atomic E-state index is 13.1. The molecule has 0 atom stereocenters. The fourth-order valence-electron chi connectivity index (χ4n) is 3.31. The molecule has 0 unspecified atom stereocenters. The molecule has 0 N–H and O–H groups in total. The fraction of sp³-hybridized carbons (Fsp3) is 0.182. The van der Waals surface area contributed by atoms with E-state index in [4.69, 9.17) is 21.1 Å². The van der Waals surface area contributed by atoms with Gasteiger partial charge in [-0.2, -0.15) is 0 Å². The first-order chi connectivity index (χ1) is 14.0. The molecule has 3 aromatic rings. The first kappa shape index (κ1) is 19.5. The van der Waals surface area contributed by atoms with Crippen molar-refractivity contribution in [3.63, 3.8) is 0 Å². The third-order valence-corrected chi connectivity index (χ3v) is 6.32. The summed E-state index contributed by atoms with van der Waals surface area (Å²) in [6.07, 6.45) is 0.686. The van der Waals surface area contributed by atoms with Crippen LogP contribution in [0.4, 0.5) is 5.69 Å². The molecule has 2 aromatic carbocycles. The first-order valence-electron chi connectivity index (χ1n) is 9.00. The van der Waals surface area contributed by atoms with Gasteiger partial charge >= 0.3 is 5.97 Å². The Hall–Kier alpha value is -2.83. The summed E-state index contributed by atoms with van der Waals surface area (Å²) < 4.78 is 10.6. The molecule has 1 aliphatic heterocycles. The highest BCUT2D eigenvalue weighted by atomic mass is 35.5. The molecular formula is C22H18ClNO4S. The van der Waals surface area contributed by atoms with Gasteiger partial charge in [-0.15, -0.1) is 11.3 Å². The highest BCUT2D eigenvalue weighted by Crippen LogP contribution is 2.41. The molecule has 0 fully saturated rings. The molecule has 0 saturated heterocycles. The van der Waals surface area contributed by atoms with Crippen molar-refractivity contribution in [2.45, 2.75) is 6.42 Å². The van der Waals surface area contributed by atoms with Gasteiger partial charge < -0.3 is 14.4 Å². The molecule has 0 aliphatic carbocycles. The Morgan fingerprint density at radius 2 is 1.93 bits per heavy atom. The van der Waals surface area contributed by atoms with Crippen molar-refractivity contribution in [1.82, 2.24) is 0 Å². The molecular weight excluding hydrogens is 410 g/mol. The van der Waals surface area contributed by atoms with E-state index < -0.39 is 5.97 Å². The van der Waals surface area contributed by atoms with Crippen LogP contribution < -0.4 is 9.64 Å². The van der Waals surface area contributed by atoms with Crippen molar-refractivity contribution < 1.29 is 19.1 Å². The van der Waals surface area contributed by atoms with E-state index in [1.807, 2.05) is 30.3 Å². The minimum absolute atomic E-state index is 0.121. The zero-order chi connectivity index (χ0) is 20.5. The topological polar surface area (TPSA) is 55.8 Å². The number of carbonyl (C=O) groups is 2. The van der Waals surface area contributed by atoms with Gasteiger partial charge in [0.15, 0.2) is 0 Å². The number of ether oxygens (including phenoxy) is 2. The van der Waals surface area contributed by atoms with Crippen molar-refractivity contribution in [2.24, 2.45) is 0 Å². The third-order valence-electron chi connectivity index (χ3n) is 4.82. The Bertz CT molecular complexity index is 1110. The van der Waals surface area contributed by atoms with Crippen LogP contribution in [-0.2, 0) is 11.2 Å². The molecule has 148 valence electrons. The quantitative estimate of drug-likeness (QED) is 0.548. The predicted molar refractivity (Wildman–Crippen MR) is 114 cm³/mol. The molecule has 2 heterocycles. The van der Waals surface area contributed by atoms with E-state index in [1.165, 1.54) is 18.4 Å². The Labute approximate surface area is 177 Å². The van der Waals surface area contributed by atoms with Crippen LogP contribution in [0.15, 0.2) is 48.5 Å². The maximum absolute atomic E-state index is 13.1. The van der Waals surface area contributed by atoms with E-state index in [1.54, 1.807) is 30.1 Å². The second-order valence-electron chi connectivity index (χ2n) is 6.56. The number of hydrogen-bond donors (Lipinski definition) is 0. The zero-order valence-corrected chi connectivity index (χ0v) is 17.5. The van der Waals surface area contributed by atoms with Crippen LogP contribution in [0.5, 0.6) is 5.75 Å². The zero-order valence-electron chi connectivity index (χ0n) is 15.9. The highest BCUT2D eigenvalue weighted by molar-refractivity contribution is 7.14. The summed E-state index contributed by atoms with van der Waals surface area (Å²) in [6, 6.07) is 14.4. The van der Waals surface area contributed by atoms with E-state index in [0.717, 1.165) is 16.0 Å². The molecule has 7 heteroatoms. The monoisotopic (exact) mass is 427 g/mol. The van der Waals surface area contributed by atoms with Gasteiger partial charge in [-0.05, 0) is 36.4 Å². The SMILES string of the molecule is COC(=O)c1ccc2c(c1)OCCc1sc(C(=O)N(C)c3ccccc3Cl)cc1-2. The predicted octanol–water partition coefficient (Wildman–Crippen LogP) is 5.07. The number of para-hydroxylation sites is 1. The van der Waals surface area contributed by atoms with Crippen molar-refractivity contribution in [3.05, 3.63) is 68.9 Å². The molecule has 1 aromatic heterocycles. The van der Waals surface area contributed by atoms with Crippen molar-refractivity contribution >= 4 is 40.5 Å². The van der Waals surface area contributed by atoms with Gasteiger partial charge in [0, 0.05) is 29.5 Å². The molecule has 5 nitrogen and oxygen atoms in total.